The molecule has 0 aliphatic carbocycles. The Morgan fingerprint density at radius 2 is 1.71 bits per heavy atom. The summed E-state index contributed by atoms with van der Waals surface area (Å²) in [6, 6.07) is 14.3. The number of hydrogen-bond acceptors (Lipinski definition) is 2. The molecule has 17 heavy (non-hydrogen) atoms. The number of phenols is 1. The summed E-state index contributed by atoms with van der Waals surface area (Å²) in [5.74, 6) is -1.29. The van der Waals surface area contributed by atoms with Gasteiger partial charge in [-0.3, -0.25) is 0 Å². The van der Waals surface area contributed by atoms with Crippen molar-refractivity contribution in [2.75, 3.05) is 0 Å². The van der Waals surface area contributed by atoms with Gasteiger partial charge in [0.2, 0.25) is 0 Å². The molecule has 0 fully saturated rings. The third-order valence-electron chi connectivity index (χ3n) is 2.58. The fourth-order valence-corrected chi connectivity index (χ4v) is 1.80. The molecule has 0 saturated carbocycles. The maximum atomic E-state index is 11.1. The van der Waals surface area contributed by atoms with Crippen LogP contribution in [0.25, 0.3) is 0 Å². The largest absolute Gasteiger partial charge is 0.507 e. The van der Waals surface area contributed by atoms with Crippen molar-refractivity contribution in [3.8, 4) is 5.75 Å². The van der Waals surface area contributed by atoms with Crippen molar-refractivity contribution in [2.24, 2.45) is 0 Å². The Labute approximate surface area is 99.0 Å². The van der Waals surface area contributed by atoms with E-state index in [1.807, 2.05) is 30.3 Å². The number of carboxylic acids is 1. The van der Waals surface area contributed by atoms with Gasteiger partial charge in [-0.25, -0.2) is 4.79 Å². The highest BCUT2D eigenvalue weighted by atomic mass is 16.4. The maximum Gasteiger partial charge on any atom is 0.339 e. The molecule has 0 amide bonds. The van der Waals surface area contributed by atoms with E-state index >= 15 is 0 Å². The zero-order valence-corrected chi connectivity index (χ0v) is 9.13. The highest BCUT2D eigenvalue weighted by Gasteiger charge is 2.14. The molecule has 0 aromatic heterocycles. The van der Waals surface area contributed by atoms with Gasteiger partial charge in [0.05, 0.1) is 0 Å². The molecule has 2 aromatic rings. The van der Waals surface area contributed by atoms with Gasteiger partial charge >= 0.3 is 5.97 Å². The Balaban J connectivity index is 2.40. The molecule has 3 heteroatoms. The first-order chi connectivity index (χ1) is 8.18. The SMILES string of the molecule is O=C(O)c1c(O)cccc1Cc1ccccc1. The lowest BCUT2D eigenvalue weighted by atomic mass is 9.99. The summed E-state index contributed by atoms with van der Waals surface area (Å²) in [6.07, 6.45) is 0.497. The summed E-state index contributed by atoms with van der Waals surface area (Å²) >= 11 is 0. The Bertz CT molecular complexity index is 532. The number of carboxylic acid groups (broad SMARTS) is 1. The number of aromatic carboxylic acids is 1. The van der Waals surface area contributed by atoms with Crippen molar-refractivity contribution in [1.29, 1.82) is 0 Å². The zero-order valence-electron chi connectivity index (χ0n) is 9.13. The van der Waals surface area contributed by atoms with Crippen LogP contribution >= 0.6 is 0 Å². The van der Waals surface area contributed by atoms with Gasteiger partial charge in [0.15, 0.2) is 0 Å². The predicted octanol–water partition coefficient (Wildman–Crippen LogP) is 2.68. The van der Waals surface area contributed by atoms with Crippen molar-refractivity contribution < 1.29 is 15.0 Å². The standard InChI is InChI=1S/C14H12O3/c15-12-8-4-7-11(13(12)14(16)17)9-10-5-2-1-3-6-10/h1-8,15H,9H2,(H,16,17). The Morgan fingerprint density at radius 3 is 2.35 bits per heavy atom. The van der Waals surface area contributed by atoms with Crippen molar-refractivity contribution in [3.05, 3.63) is 65.2 Å². The number of rotatable bonds is 3. The van der Waals surface area contributed by atoms with Gasteiger partial charge in [-0.1, -0.05) is 42.5 Å². The van der Waals surface area contributed by atoms with E-state index in [-0.39, 0.29) is 11.3 Å². The van der Waals surface area contributed by atoms with Gasteiger partial charge in [0.1, 0.15) is 11.3 Å². The summed E-state index contributed by atoms with van der Waals surface area (Å²) in [5, 5.41) is 18.6. The Kier molecular flexibility index (Phi) is 3.10. The van der Waals surface area contributed by atoms with E-state index in [9.17, 15) is 9.90 Å². The van der Waals surface area contributed by atoms with Crippen LogP contribution in [0.15, 0.2) is 48.5 Å². The van der Waals surface area contributed by atoms with Gasteiger partial charge in [-0.15, -0.1) is 0 Å². The first-order valence-electron chi connectivity index (χ1n) is 5.26. The topological polar surface area (TPSA) is 57.5 Å². The second-order valence-electron chi connectivity index (χ2n) is 3.78. The molecule has 0 bridgehead atoms. The maximum absolute atomic E-state index is 11.1. The lowest BCUT2D eigenvalue weighted by Crippen LogP contribution is -2.03. The third kappa shape index (κ3) is 2.45. The van der Waals surface area contributed by atoms with Crippen LogP contribution in [0.3, 0.4) is 0 Å². The molecule has 2 rings (SSSR count). The first-order valence-corrected chi connectivity index (χ1v) is 5.26. The minimum atomic E-state index is -1.10. The normalized spacial score (nSPS) is 10.1. The van der Waals surface area contributed by atoms with Crippen molar-refractivity contribution >= 4 is 5.97 Å². The molecule has 0 heterocycles. The predicted molar refractivity (Wildman–Crippen MR) is 64.3 cm³/mol. The molecule has 0 unspecified atom stereocenters. The smallest absolute Gasteiger partial charge is 0.339 e. The molecular weight excluding hydrogens is 216 g/mol. The number of aromatic hydroxyl groups is 1. The highest BCUT2D eigenvalue weighted by Crippen LogP contribution is 2.23. The van der Waals surface area contributed by atoms with Gasteiger partial charge in [0, 0.05) is 0 Å². The minimum Gasteiger partial charge on any atom is -0.507 e. The van der Waals surface area contributed by atoms with E-state index in [0.717, 1.165) is 5.56 Å². The molecule has 0 aliphatic heterocycles. The molecular formula is C14H12O3. The van der Waals surface area contributed by atoms with Crippen LogP contribution in [-0.4, -0.2) is 16.2 Å². The quantitative estimate of drug-likeness (QED) is 0.849. The molecule has 0 aliphatic rings. The number of benzene rings is 2. The van der Waals surface area contributed by atoms with Crippen LogP contribution in [0.4, 0.5) is 0 Å². The summed E-state index contributed by atoms with van der Waals surface area (Å²) in [4.78, 5) is 11.1. The average Bonchev–Trinajstić information content (AvgIpc) is 2.30. The van der Waals surface area contributed by atoms with E-state index < -0.39 is 5.97 Å². The molecule has 2 aromatic carbocycles. The van der Waals surface area contributed by atoms with E-state index in [1.54, 1.807) is 12.1 Å². The minimum absolute atomic E-state index is 0.0173. The monoisotopic (exact) mass is 228 g/mol. The molecule has 0 radical (unpaired) electrons. The Morgan fingerprint density at radius 1 is 1.00 bits per heavy atom. The second-order valence-corrected chi connectivity index (χ2v) is 3.78. The van der Waals surface area contributed by atoms with E-state index in [1.165, 1.54) is 6.07 Å². The van der Waals surface area contributed by atoms with E-state index in [0.29, 0.717) is 12.0 Å². The van der Waals surface area contributed by atoms with Crippen LogP contribution in [0.5, 0.6) is 5.75 Å². The van der Waals surface area contributed by atoms with Crippen molar-refractivity contribution in [3.63, 3.8) is 0 Å². The second kappa shape index (κ2) is 4.70. The molecule has 86 valence electrons. The van der Waals surface area contributed by atoms with Crippen LogP contribution in [0.2, 0.25) is 0 Å². The lowest BCUT2D eigenvalue weighted by molar-refractivity contribution is 0.0692. The molecule has 0 atom stereocenters. The van der Waals surface area contributed by atoms with E-state index in [4.69, 9.17) is 5.11 Å². The summed E-state index contributed by atoms with van der Waals surface area (Å²) < 4.78 is 0. The van der Waals surface area contributed by atoms with Gasteiger partial charge < -0.3 is 10.2 Å². The third-order valence-corrected chi connectivity index (χ3v) is 2.58. The van der Waals surface area contributed by atoms with Gasteiger partial charge in [-0.05, 0) is 23.6 Å². The van der Waals surface area contributed by atoms with Crippen LogP contribution < -0.4 is 0 Å². The highest BCUT2D eigenvalue weighted by molar-refractivity contribution is 5.92. The summed E-state index contributed by atoms with van der Waals surface area (Å²) in [7, 11) is 0. The molecule has 2 N–H and O–H groups in total. The first kappa shape index (κ1) is 11.2. The molecule has 0 spiro atoms. The lowest BCUT2D eigenvalue weighted by Gasteiger charge is -2.07. The van der Waals surface area contributed by atoms with Gasteiger partial charge in [-0.2, -0.15) is 0 Å². The molecule has 0 saturated heterocycles. The van der Waals surface area contributed by atoms with Gasteiger partial charge in [0.25, 0.3) is 0 Å². The van der Waals surface area contributed by atoms with Crippen LogP contribution in [-0.2, 0) is 6.42 Å². The number of hydrogen-bond donors (Lipinski definition) is 2. The fourth-order valence-electron chi connectivity index (χ4n) is 1.80. The number of carbonyl (C=O) groups is 1. The van der Waals surface area contributed by atoms with Crippen molar-refractivity contribution in [1.82, 2.24) is 0 Å². The summed E-state index contributed by atoms with van der Waals surface area (Å²) in [5.41, 5.74) is 1.61. The summed E-state index contributed by atoms with van der Waals surface area (Å²) in [6.45, 7) is 0. The fraction of sp³-hybridized carbons (Fsp3) is 0.0714. The van der Waals surface area contributed by atoms with Crippen molar-refractivity contribution in [2.45, 2.75) is 6.42 Å². The molecule has 3 nitrogen and oxygen atoms in total. The van der Waals surface area contributed by atoms with Crippen LogP contribution in [0, 0.1) is 0 Å². The Hall–Kier alpha value is -2.29. The van der Waals surface area contributed by atoms with E-state index in [2.05, 4.69) is 0 Å². The van der Waals surface area contributed by atoms with Crippen LogP contribution in [0.1, 0.15) is 21.5 Å². The average molecular weight is 228 g/mol. The zero-order chi connectivity index (χ0) is 12.3.